The van der Waals surface area contributed by atoms with E-state index in [0.717, 1.165) is 28.0 Å². The van der Waals surface area contributed by atoms with E-state index < -0.39 is 16.0 Å². The first-order valence-corrected chi connectivity index (χ1v) is 13.6. The lowest BCUT2D eigenvalue weighted by Crippen LogP contribution is -2.39. The number of nitrogens with zero attached hydrogens (tertiary/aromatic N) is 5. The lowest BCUT2D eigenvalue weighted by Gasteiger charge is -2.32. The van der Waals surface area contributed by atoms with Crippen LogP contribution in [0.25, 0.3) is 5.65 Å². The van der Waals surface area contributed by atoms with Crippen molar-refractivity contribution in [3.63, 3.8) is 0 Å². The highest BCUT2D eigenvalue weighted by Gasteiger charge is 2.34. The van der Waals surface area contributed by atoms with E-state index in [9.17, 15) is 18.3 Å². The minimum absolute atomic E-state index is 0.170. The van der Waals surface area contributed by atoms with Gasteiger partial charge in [0, 0.05) is 44.0 Å². The SMILES string of the molecule is O=C(O)c1ccccc1S(=O)(=O)N1CCCC(c2cc(NCc3cccnc3)n3ncc(Br)c3n2)C1. The van der Waals surface area contributed by atoms with Crippen molar-refractivity contribution in [1.82, 2.24) is 23.9 Å². The average molecular weight is 571 g/mol. The molecule has 0 amide bonds. The highest BCUT2D eigenvalue weighted by molar-refractivity contribution is 9.10. The second-order valence-corrected chi connectivity index (χ2v) is 11.3. The normalized spacial score (nSPS) is 16.8. The van der Waals surface area contributed by atoms with Gasteiger partial charge in [-0.3, -0.25) is 4.98 Å². The average Bonchev–Trinajstić information content (AvgIpc) is 3.28. The number of aromatic nitrogens is 4. The maximum absolute atomic E-state index is 13.4. The van der Waals surface area contributed by atoms with E-state index in [1.165, 1.54) is 28.6 Å². The molecule has 4 heterocycles. The molecule has 0 spiro atoms. The Hall–Kier alpha value is -3.35. The Morgan fingerprint density at radius 1 is 1.19 bits per heavy atom. The smallest absolute Gasteiger partial charge is 0.337 e. The van der Waals surface area contributed by atoms with Gasteiger partial charge in [-0.05, 0) is 52.5 Å². The third-order valence-electron chi connectivity index (χ3n) is 6.18. The standard InChI is InChI=1S/C24H23BrN6O4S/c25-19-14-28-31-22(27-13-16-5-3-9-26-12-16)11-20(29-23(19)31)17-6-4-10-30(15-17)36(34,35)21-8-2-1-7-18(21)24(32)33/h1-3,5,7-9,11-12,14,17,27H,4,6,10,13,15H2,(H,32,33). The number of rotatable bonds is 7. The van der Waals surface area contributed by atoms with Crippen molar-refractivity contribution in [1.29, 1.82) is 0 Å². The Labute approximate surface area is 216 Å². The molecule has 5 rings (SSSR count). The summed E-state index contributed by atoms with van der Waals surface area (Å²) in [5, 5.41) is 17.3. The molecule has 0 saturated carbocycles. The Balaban J connectivity index is 1.46. The molecule has 1 aliphatic heterocycles. The van der Waals surface area contributed by atoms with E-state index in [4.69, 9.17) is 4.98 Å². The number of anilines is 1. The van der Waals surface area contributed by atoms with E-state index in [2.05, 4.69) is 31.3 Å². The Kier molecular flexibility index (Phi) is 6.73. The minimum atomic E-state index is -4.00. The zero-order chi connectivity index (χ0) is 25.3. The van der Waals surface area contributed by atoms with Gasteiger partial charge in [0.1, 0.15) is 5.82 Å². The summed E-state index contributed by atoms with van der Waals surface area (Å²) in [5.74, 6) is -0.721. The summed E-state index contributed by atoms with van der Waals surface area (Å²) >= 11 is 3.51. The van der Waals surface area contributed by atoms with Gasteiger partial charge in [0.2, 0.25) is 10.0 Å². The van der Waals surface area contributed by atoms with Gasteiger partial charge in [0.15, 0.2) is 5.65 Å². The van der Waals surface area contributed by atoms with Crippen molar-refractivity contribution >= 4 is 43.4 Å². The summed E-state index contributed by atoms with van der Waals surface area (Å²) in [6.45, 7) is 1.05. The fourth-order valence-electron chi connectivity index (χ4n) is 4.39. The first-order chi connectivity index (χ1) is 17.3. The highest BCUT2D eigenvalue weighted by atomic mass is 79.9. The fourth-order valence-corrected chi connectivity index (χ4v) is 6.45. The minimum Gasteiger partial charge on any atom is -0.478 e. The molecule has 4 aromatic rings. The van der Waals surface area contributed by atoms with Gasteiger partial charge in [-0.25, -0.2) is 18.2 Å². The molecule has 0 bridgehead atoms. The van der Waals surface area contributed by atoms with E-state index in [1.807, 2.05) is 18.2 Å². The van der Waals surface area contributed by atoms with Crippen LogP contribution >= 0.6 is 15.9 Å². The molecule has 1 unspecified atom stereocenters. The number of piperidine rings is 1. The topological polar surface area (TPSA) is 130 Å². The molecule has 0 aliphatic carbocycles. The van der Waals surface area contributed by atoms with Crippen molar-refractivity contribution < 1.29 is 18.3 Å². The molecule has 2 N–H and O–H groups in total. The van der Waals surface area contributed by atoms with E-state index >= 15 is 0 Å². The van der Waals surface area contributed by atoms with Crippen LogP contribution in [0.4, 0.5) is 5.82 Å². The summed E-state index contributed by atoms with van der Waals surface area (Å²) in [6.07, 6.45) is 6.55. The molecule has 1 atom stereocenters. The Morgan fingerprint density at radius 3 is 2.81 bits per heavy atom. The molecule has 1 fully saturated rings. The molecule has 186 valence electrons. The Bertz CT molecular complexity index is 1530. The van der Waals surface area contributed by atoms with Gasteiger partial charge in [-0.1, -0.05) is 18.2 Å². The molecule has 1 aliphatic rings. The maximum Gasteiger partial charge on any atom is 0.337 e. The number of sulfonamides is 1. The zero-order valence-corrected chi connectivity index (χ0v) is 21.5. The van der Waals surface area contributed by atoms with E-state index in [0.29, 0.717) is 25.2 Å². The quantitative estimate of drug-likeness (QED) is 0.343. The summed E-state index contributed by atoms with van der Waals surface area (Å²) < 4.78 is 30.7. The van der Waals surface area contributed by atoms with Crippen molar-refractivity contribution in [2.24, 2.45) is 0 Å². The van der Waals surface area contributed by atoms with Crippen LogP contribution in [0, 0.1) is 0 Å². The number of aromatic carboxylic acids is 1. The van der Waals surface area contributed by atoms with Gasteiger partial charge >= 0.3 is 5.97 Å². The first kappa shape index (κ1) is 24.3. The summed E-state index contributed by atoms with van der Waals surface area (Å²) in [7, 11) is -4.00. The number of carboxylic acid groups (broad SMARTS) is 1. The third kappa shape index (κ3) is 4.71. The van der Waals surface area contributed by atoms with Crippen LogP contribution in [0.1, 0.15) is 40.4 Å². The predicted molar refractivity (Wildman–Crippen MR) is 136 cm³/mol. The molecule has 0 radical (unpaired) electrons. The number of hydrogen-bond acceptors (Lipinski definition) is 7. The number of halogens is 1. The molecule has 12 heteroatoms. The van der Waals surface area contributed by atoms with Gasteiger partial charge in [-0.2, -0.15) is 13.9 Å². The summed E-state index contributed by atoms with van der Waals surface area (Å²) in [6, 6.07) is 11.4. The molecule has 1 saturated heterocycles. The summed E-state index contributed by atoms with van der Waals surface area (Å²) in [5.41, 5.74) is 2.13. The van der Waals surface area contributed by atoms with Crippen LogP contribution in [0.3, 0.4) is 0 Å². The Morgan fingerprint density at radius 2 is 2.03 bits per heavy atom. The van der Waals surface area contributed by atoms with Crippen LogP contribution in [0.2, 0.25) is 0 Å². The summed E-state index contributed by atoms with van der Waals surface area (Å²) in [4.78, 5) is 20.4. The maximum atomic E-state index is 13.4. The van der Waals surface area contributed by atoms with Crippen LogP contribution in [0.15, 0.2) is 70.4 Å². The molecule has 10 nitrogen and oxygen atoms in total. The van der Waals surface area contributed by atoms with Crippen molar-refractivity contribution in [3.05, 3.63) is 82.3 Å². The number of nitrogens with one attached hydrogen (secondary N) is 1. The van der Waals surface area contributed by atoms with Gasteiger partial charge in [0.25, 0.3) is 0 Å². The van der Waals surface area contributed by atoms with Crippen LogP contribution in [0.5, 0.6) is 0 Å². The molecular formula is C24H23BrN6O4S. The molecule has 3 aromatic heterocycles. The van der Waals surface area contributed by atoms with Crippen LogP contribution in [-0.2, 0) is 16.6 Å². The first-order valence-electron chi connectivity index (χ1n) is 11.3. The zero-order valence-electron chi connectivity index (χ0n) is 19.1. The monoisotopic (exact) mass is 570 g/mol. The molecule has 36 heavy (non-hydrogen) atoms. The molecular weight excluding hydrogens is 548 g/mol. The predicted octanol–water partition coefficient (Wildman–Crippen LogP) is 3.77. The van der Waals surface area contributed by atoms with E-state index in [-0.39, 0.29) is 22.9 Å². The van der Waals surface area contributed by atoms with Gasteiger partial charge in [0.05, 0.1) is 26.8 Å². The highest BCUT2D eigenvalue weighted by Crippen LogP contribution is 2.33. The third-order valence-corrected chi connectivity index (χ3v) is 8.67. The number of hydrogen-bond donors (Lipinski definition) is 2. The molecule has 1 aromatic carbocycles. The number of benzene rings is 1. The fraction of sp³-hybridized carbons (Fsp3) is 0.250. The van der Waals surface area contributed by atoms with E-state index in [1.54, 1.807) is 23.1 Å². The van der Waals surface area contributed by atoms with Gasteiger partial charge in [-0.15, -0.1) is 0 Å². The second kappa shape index (κ2) is 9.96. The van der Waals surface area contributed by atoms with Crippen molar-refractivity contribution in [2.75, 3.05) is 18.4 Å². The lowest BCUT2D eigenvalue weighted by molar-refractivity contribution is 0.0692. The van der Waals surface area contributed by atoms with Gasteiger partial charge < -0.3 is 10.4 Å². The lowest BCUT2D eigenvalue weighted by atomic mass is 9.96. The van der Waals surface area contributed by atoms with Crippen molar-refractivity contribution in [3.8, 4) is 0 Å². The number of carboxylic acids is 1. The number of fused-ring (bicyclic) bond motifs is 1. The number of carbonyl (C=O) groups is 1. The van der Waals surface area contributed by atoms with Crippen molar-refractivity contribution in [2.45, 2.75) is 30.2 Å². The largest absolute Gasteiger partial charge is 0.478 e. The van der Waals surface area contributed by atoms with Crippen LogP contribution in [-0.4, -0.2) is 56.5 Å². The second-order valence-electron chi connectivity index (χ2n) is 8.51. The number of pyridine rings is 1. The van der Waals surface area contributed by atoms with Crippen LogP contribution < -0.4 is 5.32 Å².